The lowest BCUT2D eigenvalue weighted by Gasteiger charge is -2.12. The van der Waals surface area contributed by atoms with Crippen LogP contribution in [0.4, 0.5) is 0 Å². The molecule has 0 spiro atoms. The van der Waals surface area contributed by atoms with E-state index in [0.29, 0.717) is 5.56 Å². The summed E-state index contributed by atoms with van der Waals surface area (Å²) >= 11 is 0. The van der Waals surface area contributed by atoms with Crippen molar-refractivity contribution in [3.63, 3.8) is 0 Å². The van der Waals surface area contributed by atoms with Crippen molar-refractivity contribution in [3.8, 4) is 0 Å². The molecule has 0 heterocycles. The summed E-state index contributed by atoms with van der Waals surface area (Å²) in [6.07, 6.45) is 2.70. The molecule has 1 unspecified atom stereocenters. The Morgan fingerprint density at radius 3 is 2.48 bits per heavy atom. The number of ketones is 1. The topological polar surface area (TPSA) is 74.6 Å². The van der Waals surface area contributed by atoms with Crippen molar-refractivity contribution in [1.82, 2.24) is 0 Å². The van der Waals surface area contributed by atoms with Gasteiger partial charge < -0.3 is 10.2 Å². The summed E-state index contributed by atoms with van der Waals surface area (Å²) in [6.45, 7) is 0. The molecule has 4 heteroatoms. The van der Waals surface area contributed by atoms with Crippen LogP contribution in [0.15, 0.2) is 60.4 Å². The molecule has 4 nitrogen and oxygen atoms in total. The second-order valence-corrected chi connectivity index (χ2v) is 5.61. The fraction of sp³-hybridized carbons (Fsp3) is 0.158. The number of aliphatic hydroxyl groups is 1. The zero-order valence-corrected chi connectivity index (χ0v) is 12.4. The van der Waals surface area contributed by atoms with Crippen LogP contribution in [-0.2, 0) is 11.2 Å². The molecule has 2 N–H and O–H groups in total. The van der Waals surface area contributed by atoms with Gasteiger partial charge in [-0.1, -0.05) is 42.5 Å². The highest BCUT2D eigenvalue weighted by Crippen LogP contribution is 2.38. The second-order valence-electron chi connectivity index (χ2n) is 5.61. The molecule has 0 radical (unpaired) electrons. The first-order valence-electron chi connectivity index (χ1n) is 7.42. The van der Waals surface area contributed by atoms with Crippen LogP contribution in [0.3, 0.4) is 0 Å². The molecule has 0 amide bonds. The number of hydrogen-bond acceptors (Lipinski definition) is 3. The predicted molar refractivity (Wildman–Crippen MR) is 85.7 cm³/mol. The summed E-state index contributed by atoms with van der Waals surface area (Å²) in [5.41, 5.74) is 3.91. The SMILES string of the molecule is O=C(O)/C(O)=C/C(=O)c1ccc2c(c1)C(c1ccccc1)CC2. The van der Waals surface area contributed by atoms with Gasteiger partial charge in [0.2, 0.25) is 5.76 Å². The summed E-state index contributed by atoms with van der Waals surface area (Å²) in [5, 5.41) is 17.9. The maximum absolute atomic E-state index is 12.1. The Kier molecular flexibility index (Phi) is 3.98. The minimum absolute atomic E-state index is 0.246. The summed E-state index contributed by atoms with van der Waals surface area (Å²) in [5.74, 6) is -2.72. The third kappa shape index (κ3) is 3.01. The summed E-state index contributed by atoms with van der Waals surface area (Å²) in [6, 6.07) is 15.5. The summed E-state index contributed by atoms with van der Waals surface area (Å²) in [7, 11) is 0. The van der Waals surface area contributed by atoms with E-state index in [1.807, 2.05) is 30.3 Å². The number of carboxylic acid groups (broad SMARTS) is 1. The van der Waals surface area contributed by atoms with Gasteiger partial charge in [-0.3, -0.25) is 4.79 Å². The van der Waals surface area contributed by atoms with E-state index in [2.05, 4.69) is 12.1 Å². The predicted octanol–water partition coefficient (Wildman–Crippen LogP) is 3.47. The Labute approximate surface area is 133 Å². The Bertz CT molecular complexity index is 790. The molecule has 1 aliphatic carbocycles. The van der Waals surface area contributed by atoms with Gasteiger partial charge in [-0.2, -0.15) is 0 Å². The highest BCUT2D eigenvalue weighted by atomic mass is 16.4. The molecule has 0 saturated heterocycles. The smallest absolute Gasteiger partial charge is 0.371 e. The zero-order valence-electron chi connectivity index (χ0n) is 12.4. The van der Waals surface area contributed by atoms with E-state index >= 15 is 0 Å². The quantitative estimate of drug-likeness (QED) is 0.515. The number of carbonyl (C=O) groups is 2. The van der Waals surface area contributed by atoms with Gasteiger partial charge in [0, 0.05) is 17.6 Å². The first-order chi connectivity index (χ1) is 11.1. The van der Waals surface area contributed by atoms with Gasteiger partial charge in [-0.05, 0) is 35.6 Å². The van der Waals surface area contributed by atoms with Crippen LogP contribution in [0.25, 0.3) is 0 Å². The van der Waals surface area contributed by atoms with E-state index in [9.17, 15) is 14.7 Å². The third-order valence-corrected chi connectivity index (χ3v) is 4.20. The highest BCUT2D eigenvalue weighted by Gasteiger charge is 2.24. The number of allylic oxidation sites excluding steroid dienone is 1. The number of carbonyl (C=O) groups excluding carboxylic acids is 1. The molecule has 23 heavy (non-hydrogen) atoms. The van der Waals surface area contributed by atoms with Crippen LogP contribution >= 0.6 is 0 Å². The lowest BCUT2D eigenvalue weighted by atomic mass is 9.91. The molecule has 3 rings (SSSR count). The van der Waals surface area contributed by atoms with Crippen LogP contribution in [0.5, 0.6) is 0 Å². The first kappa shape index (κ1) is 15.0. The Balaban J connectivity index is 1.95. The molecule has 0 aliphatic heterocycles. The van der Waals surface area contributed by atoms with E-state index < -0.39 is 17.5 Å². The van der Waals surface area contributed by atoms with Gasteiger partial charge in [0.05, 0.1) is 0 Å². The number of carboxylic acids is 1. The van der Waals surface area contributed by atoms with E-state index in [1.165, 1.54) is 11.1 Å². The molecule has 1 atom stereocenters. The van der Waals surface area contributed by atoms with E-state index in [4.69, 9.17) is 5.11 Å². The van der Waals surface area contributed by atoms with Gasteiger partial charge in [0.25, 0.3) is 0 Å². The minimum atomic E-state index is -1.51. The fourth-order valence-electron chi connectivity index (χ4n) is 3.06. The lowest BCUT2D eigenvalue weighted by Crippen LogP contribution is -2.05. The normalized spacial score (nSPS) is 16.9. The van der Waals surface area contributed by atoms with Crippen LogP contribution in [0.2, 0.25) is 0 Å². The van der Waals surface area contributed by atoms with Crippen molar-refractivity contribution in [1.29, 1.82) is 0 Å². The molecule has 0 fully saturated rings. The van der Waals surface area contributed by atoms with Crippen molar-refractivity contribution in [2.75, 3.05) is 0 Å². The second kappa shape index (κ2) is 6.08. The van der Waals surface area contributed by atoms with Crippen LogP contribution < -0.4 is 0 Å². The van der Waals surface area contributed by atoms with Crippen molar-refractivity contribution in [3.05, 3.63) is 82.6 Å². The largest absolute Gasteiger partial charge is 0.502 e. The van der Waals surface area contributed by atoms with Crippen molar-refractivity contribution in [2.45, 2.75) is 18.8 Å². The van der Waals surface area contributed by atoms with E-state index in [1.54, 1.807) is 6.07 Å². The number of hydrogen-bond donors (Lipinski definition) is 2. The maximum atomic E-state index is 12.1. The molecule has 0 bridgehead atoms. The van der Waals surface area contributed by atoms with E-state index in [0.717, 1.165) is 24.5 Å². The standard InChI is InChI=1S/C19H16O4/c20-17(11-18(21)19(22)23)14-7-6-13-8-9-15(16(13)10-14)12-4-2-1-3-5-12/h1-7,10-11,15,21H,8-9H2,(H,22,23)/b18-11-. The van der Waals surface area contributed by atoms with Gasteiger partial charge in [-0.25, -0.2) is 4.79 Å². The molecule has 2 aromatic rings. The molecule has 116 valence electrons. The number of aryl methyl sites for hydroxylation is 1. The molecule has 0 saturated carbocycles. The highest BCUT2D eigenvalue weighted by molar-refractivity contribution is 6.07. The van der Waals surface area contributed by atoms with E-state index in [-0.39, 0.29) is 5.92 Å². The summed E-state index contributed by atoms with van der Waals surface area (Å²) < 4.78 is 0. The Hall–Kier alpha value is -2.88. The number of rotatable bonds is 4. The molecule has 1 aliphatic rings. The molecule has 0 aromatic heterocycles. The third-order valence-electron chi connectivity index (χ3n) is 4.20. The lowest BCUT2D eigenvalue weighted by molar-refractivity contribution is -0.135. The fourth-order valence-corrected chi connectivity index (χ4v) is 3.06. The van der Waals surface area contributed by atoms with Gasteiger partial charge in [0.1, 0.15) is 0 Å². The van der Waals surface area contributed by atoms with Crippen molar-refractivity contribution in [2.24, 2.45) is 0 Å². The van der Waals surface area contributed by atoms with Crippen LogP contribution in [-0.4, -0.2) is 22.0 Å². The number of fused-ring (bicyclic) bond motifs is 1. The van der Waals surface area contributed by atoms with Crippen molar-refractivity contribution >= 4 is 11.8 Å². The maximum Gasteiger partial charge on any atom is 0.371 e. The zero-order chi connectivity index (χ0) is 16.4. The van der Waals surface area contributed by atoms with Crippen LogP contribution in [0.1, 0.15) is 39.4 Å². The first-order valence-corrected chi connectivity index (χ1v) is 7.42. The van der Waals surface area contributed by atoms with Crippen LogP contribution in [0, 0.1) is 0 Å². The average Bonchev–Trinajstić information content (AvgIpc) is 2.98. The monoisotopic (exact) mass is 308 g/mol. The number of aliphatic hydroxyl groups excluding tert-OH is 1. The number of aliphatic carboxylic acids is 1. The van der Waals surface area contributed by atoms with Gasteiger partial charge in [0.15, 0.2) is 5.78 Å². The Morgan fingerprint density at radius 2 is 1.78 bits per heavy atom. The molecular formula is C19H16O4. The summed E-state index contributed by atoms with van der Waals surface area (Å²) in [4.78, 5) is 22.7. The minimum Gasteiger partial charge on any atom is -0.502 e. The van der Waals surface area contributed by atoms with Crippen molar-refractivity contribution < 1.29 is 19.8 Å². The van der Waals surface area contributed by atoms with Gasteiger partial charge in [-0.15, -0.1) is 0 Å². The Morgan fingerprint density at radius 1 is 1.04 bits per heavy atom. The molecule has 2 aromatic carbocycles. The number of benzene rings is 2. The van der Waals surface area contributed by atoms with Gasteiger partial charge >= 0.3 is 5.97 Å². The average molecular weight is 308 g/mol. The molecular weight excluding hydrogens is 292 g/mol.